The Hall–Kier alpha value is -6.70. The van der Waals surface area contributed by atoms with Crippen LogP contribution in [-0.4, -0.2) is 0 Å². The largest absolute Gasteiger partial charge is 0.309 e. The third kappa shape index (κ3) is 4.95. The van der Waals surface area contributed by atoms with E-state index in [1.165, 1.54) is 88.3 Å². The lowest BCUT2D eigenvalue weighted by molar-refractivity contribution is 0.660. The molecule has 9 aromatic carbocycles. The third-order valence-corrected chi connectivity index (χ3v) is 13.1. The molecule has 0 bridgehead atoms. The van der Waals surface area contributed by atoms with Crippen molar-refractivity contribution in [2.24, 2.45) is 0 Å². The Kier molecular flexibility index (Phi) is 7.32. The molecule has 0 fully saturated rings. The highest BCUT2D eigenvalue weighted by atomic mass is 15.1. The van der Waals surface area contributed by atoms with Gasteiger partial charge in [-0.25, -0.2) is 0 Å². The van der Waals surface area contributed by atoms with Crippen molar-refractivity contribution in [3.8, 4) is 44.5 Å². The maximum Gasteiger partial charge on any atom is 0.0540 e. The molecule has 2 aliphatic carbocycles. The van der Waals surface area contributed by atoms with Gasteiger partial charge in [0.15, 0.2) is 0 Å². The average molecular weight is 730 g/mol. The minimum Gasteiger partial charge on any atom is -0.309 e. The second kappa shape index (κ2) is 12.4. The van der Waals surface area contributed by atoms with Crippen LogP contribution >= 0.6 is 0 Å². The van der Waals surface area contributed by atoms with Crippen molar-refractivity contribution in [2.75, 3.05) is 4.90 Å². The van der Waals surface area contributed by atoms with Crippen LogP contribution in [0.1, 0.15) is 49.9 Å². The van der Waals surface area contributed by atoms with Crippen molar-refractivity contribution in [1.29, 1.82) is 0 Å². The average Bonchev–Trinajstić information content (AvgIpc) is 3.63. The number of benzene rings is 9. The predicted octanol–water partition coefficient (Wildman–Crippen LogP) is 15.4. The summed E-state index contributed by atoms with van der Waals surface area (Å²) in [5.74, 6) is 0. The van der Waals surface area contributed by atoms with Crippen LogP contribution in [0.5, 0.6) is 0 Å². The Bertz CT molecular complexity index is 3090. The minimum absolute atomic E-state index is 0.0920. The summed E-state index contributed by atoms with van der Waals surface area (Å²) in [5.41, 5.74) is 19.0. The van der Waals surface area contributed by atoms with Gasteiger partial charge in [-0.15, -0.1) is 0 Å². The van der Waals surface area contributed by atoms with Crippen LogP contribution in [0.4, 0.5) is 17.1 Å². The minimum atomic E-state index is -0.0952. The van der Waals surface area contributed by atoms with Crippen LogP contribution < -0.4 is 4.90 Å². The van der Waals surface area contributed by atoms with Gasteiger partial charge < -0.3 is 4.90 Å². The Morgan fingerprint density at radius 1 is 0.333 bits per heavy atom. The van der Waals surface area contributed by atoms with Gasteiger partial charge in [-0.1, -0.05) is 185 Å². The monoisotopic (exact) mass is 729 g/mol. The van der Waals surface area contributed by atoms with Crippen molar-refractivity contribution >= 4 is 38.6 Å². The first-order valence-corrected chi connectivity index (χ1v) is 20.2. The van der Waals surface area contributed by atoms with Gasteiger partial charge in [0, 0.05) is 27.6 Å². The highest BCUT2D eigenvalue weighted by Gasteiger charge is 2.38. The first-order valence-electron chi connectivity index (χ1n) is 20.2. The van der Waals surface area contributed by atoms with E-state index >= 15 is 0 Å². The van der Waals surface area contributed by atoms with Crippen molar-refractivity contribution in [3.63, 3.8) is 0 Å². The van der Waals surface area contributed by atoms with E-state index < -0.39 is 0 Å². The lowest BCUT2D eigenvalue weighted by Gasteiger charge is -2.31. The summed E-state index contributed by atoms with van der Waals surface area (Å²) in [4.78, 5) is 2.51. The van der Waals surface area contributed by atoms with Gasteiger partial charge in [0.05, 0.1) is 11.4 Å². The van der Waals surface area contributed by atoms with Crippen molar-refractivity contribution < 1.29 is 0 Å². The maximum atomic E-state index is 2.51. The fraction of sp³-hybridized carbons (Fsp3) is 0.107. The number of hydrogen-bond acceptors (Lipinski definition) is 1. The molecule has 0 spiro atoms. The highest BCUT2D eigenvalue weighted by Crippen LogP contribution is 2.55. The molecule has 0 aliphatic heterocycles. The molecule has 0 saturated carbocycles. The van der Waals surface area contributed by atoms with E-state index in [0.717, 1.165) is 17.1 Å². The summed E-state index contributed by atoms with van der Waals surface area (Å²) < 4.78 is 0. The van der Waals surface area contributed by atoms with E-state index in [9.17, 15) is 0 Å². The molecule has 0 N–H and O–H groups in total. The zero-order valence-electron chi connectivity index (χ0n) is 32.8. The first-order chi connectivity index (χ1) is 27.8. The highest BCUT2D eigenvalue weighted by molar-refractivity contribution is 6.09. The predicted molar refractivity (Wildman–Crippen MR) is 242 cm³/mol. The molecule has 0 aromatic heterocycles. The van der Waals surface area contributed by atoms with Gasteiger partial charge in [-0.05, 0) is 108 Å². The summed E-state index contributed by atoms with van der Waals surface area (Å²) in [6.07, 6.45) is 0. The summed E-state index contributed by atoms with van der Waals surface area (Å²) in [6, 6.07) is 70.2. The molecule has 9 aromatic rings. The SMILES string of the molecule is CC1(C)c2ccccc2-c2ccc(-c3ccccc3N(c3ccc4c(ccc5ccccc54)c3)c3ccccc3-c3cccc4c3-c3ccccc3C4(C)C)cc21. The number of para-hydroxylation sites is 2. The van der Waals surface area contributed by atoms with Crippen molar-refractivity contribution in [1.82, 2.24) is 0 Å². The summed E-state index contributed by atoms with van der Waals surface area (Å²) in [7, 11) is 0. The Morgan fingerprint density at radius 2 is 0.877 bits per heavy atom. The van der Waals surface area contributed by atoms with E-state index in [1.54, 1.807) is 0 Å². The molecule has 0 amide bonds. The summed E-state index contributed by atoms with van der Waals surface area (Å²) in [5, 5.41) is 5.02. The van der Waals surface area contributed by atoms with E-state index in [4.69, 9.17) is 0 Å². The van der Waals surface area contributed by atoms with Gasteiger partial charge in [0.25, 0.3) is 0 Å². The molecule has 11 rings (SSSR count). The topological polar surface area (TPSA) is 3.24 Å². The zero-order chi connectivity index (χ0) is 38.5. The lowest BCUT2D eigenvalue weighted by Crippen LogP contribution is -2.15. The second-order valence-electron chi connectivity index (χ2n) is 16.9. The standard InChI is InChI=1S/C56H43N/c1-55(2)49-24-12-8-21-47(49)54-46(22-15-25-50(54)55)45-20-10-14-27-53(45)57(39-31-33-41-37(34-39)29-28-36-16-5-6-17-40(36)41)52-26-13-9-18-42(52)38-30-32-44-43-19-7-11-23-48(43)56(3,4)51(44)35-38/h5-35H,1-4H3. The van der Waals surface area contributed by atoms with Gasteiger partial charge in [-0.3, -0.25) is 0 Å². The molecule has 1 nitrogen and oxygen atoms in total. The van der Waals surface area contributed by atoms with Crippen LogP contribution in [0.15, 0.2) is 188 Å². The van der Waals surface area contributed by atoms with Gasteiger partial charge >= 0.3 is 0 Å². The van der Waals surface area contributed by atoms with E-state index in [2.05, 4.69) is 221 Å². The zero-order valence-corrected chi connectivity index (χ0v) is 32.8. The Morgan fingerprint density at radius 3 is 1.68 bits per heavy atom. The number of rotatable bonds is 5. The number of fused-ring (bicyclic) bond motifs is 9. The molecule has 2 aliphatic rings. The molecule has 0 unspecified atom stereocenters. The smallest absolute Gasteiger partial charge is 0.0540 e. The lowest BCUT2D eigenvalue weighted by atomic mass is 9.81. The Balaban J connectivity index is 1.16. The molecule has 0 radical (unpaired) electrons. The summed E-state index contributed by atoms with van der Waals surface area (Å²) in [6.45, 7) is 9.47. The van der Waals surface area contributed by atoms with E-state index in [0.29, 0.717) is 0 Å². The molecule has 1 heteroatoms. The maximum absolute atomic E-state index is 2.51. The van der Waals surface area contributed by atoms with Gasteiger partial charge in [-0.2, -0.15) is 0 Å². The van der Waals surface area contributed by atoms with Crippen molar-refractivity contribution in [2.45, 2.75) is 38.5 Å². The summed E-state index contributed by atoms with van der Waals surface area (Å²) >= 11 is 0. The van der Waals surface area contributed by atoms with Crippen LogP contribution in [-0.2, 0) is 10.8 Å². The van der Waals surface area contributed by atoms with Crippen LogP contribution in [0.3, 0.4) is 0 Å². The number of nitrogens with zero attached hydrogens (tertiary/aromatic N) is 1. The van der Waals surface area contributed by atoms with Crippen LogP contribution in [0, 0.1) is 0 Å². The quantitative estimate of drug-likeness (QED) is 0.159. The number of anilines is 3. The van der Waals surface area contributed by atoms with Gasteiger partial charge in [0.1, 0.15) is 0 Å². The van der Waals surface area contributed by atoms with E-state index in [1.807, 2.05) is 0 Å². The van der Waals surface area contributed by atoms with Crippen LogP contribution in [0.25, 0.3) is 66.1 Å². The molecular formula is C56H43N. The van der Waals surface area contributed by atoms with E-state index in [-0.39, 0.29) is 10.8 Å². The fourth-order valence-electron chi connectivity index (χ4n) is 10.2. The molecule has 272 valence electrons. The molecule has 57 heavy (non-hydrogen) atoms. The second-order valence-corrected chi connectivity index (χ2v) is 16.9. The molecular weight excluding hydrogens is 687 g/mol. The molecule has 0 heterocycles. The molecule has 0 saturated heterocycles. The fourth-order valence-corrected chi connectivity index (χ4v) is 10.2. The normalized spacial score (nSPS) is 14.2. The first kappa shape index (κ1) is 33.6. The van der Waals surface area contributed by atoms with Gasteiger partial charge in [0.2, 0.25) is 0 Å². The third-order valence-electron chi connectivity index (χ3n) is 13.1. The Labute approximate surface area is 335 Å². The van der Waals surface area contributed by atoms with Crippen LogP contribution in [0.2, 0.25) is 0 Å². The molecule has 0 atom stereocenters. The van der Waals surface area contributed by atoms with Crippen molar-refractivity contribution in [3.05, 3.63) is 210 Å². The number of hydrogen-bond donors (Lipinski definition) is 0.